The zero-order valence-electron chi connectivity index (χ0n) is 17.9. The first-order chi connectivity index (χ1) is 15.0. The maximum atomic E-state index is 6.56. The Balaban J connectivity index is 1.58. The van der Waals surface area contributed by atoms with E-state index in [0.29, 0.717) is 0 Å². The molecular weight excluding hydrogens is 376 g/mol. The van der Waals surface area contributed by atoms with E-state index in [4.69, 9.17) is 11.5 Å². The van der Waals surface area contributed by atoms with E-state index in [2.05, 4.69) is 86.6 Å². The van der Waals surface area contributed by atoms with E-state index in [9.17, 15) is 0 Å². The third-order valence-corrected chi connectivity index (χ3v) is 6.54. The summed E-state index contributed by atoms with van der Waals surface area (Å²) in [6.45, 7) is 4.53. The standard InChI is InChI=1S/C29H26N2/c1-29(2,21-8-4-3-5-9-21)22-15-12-19(13-16-22)20-14-17-25-26(18-20)28(31)24-11-7-6-10-23(24)27(25)30/h3-18H,30-31H2,1-2H3. The minimum atomic E-state index is -0.0546. The van der Waals surface area contributed by atoms with E-state index in [1.807, 2.05) is 24.3 Å². The van der Waals surface area contributed by atoms with Gasteiger partial charge in [-0.2, -0.15) is 0 Å². The van der Waals surface area contributed by atoms with Crippen molar-refractivity contribution in [1.82, 2.24) is 0 Å². The van der Waals surface area contributed by atoms with Crippen LogP contribution < -0.4 is 11.5 Å². The molecule has 0 atom stereocenters. The number of anilines is 2. The molecule has 0 spiro atoms. The maximum absolute atomic E-state index is 6.56. The normalized spacial score (nSPS) is 11.8. The van der Waals surface area contributed by atoms with Gasteiger partial charge in [-0.3, -0.25) is 0 Å². The molecule has 0 heterocycles. The lowest BCUT2D eigenvalue weighted by atomic mass is 9.78. The Morgan fingerprint density at radius 3 is 1.61 bits per heavy atom. The molecule has 2 nitrogen and oxygen atoms in total. The summed E-state index contributed by atoms with van der Waals surface area (Å²) in [5.74, 6) is 0. The predicted molar refractivity (Wildman–Crippen MR) is 134 cm³/mol. The van der Waals surface area contributed by atoms with Gasteiger partial charge in [0.1, 0.15) is 0 Å². The highest BCUT2D eigenvalue weighted by Crippen LogP contribution is 2.39. The Bertz CT molecular complexity index is 1400. The summed E-state index contributed by atoms with van der Waals surface area (Å²) in [5.41, 5.74) is 19.5. The second kappa shape index (κ2) is 7.17. The molecule has 5 aromatic rings. The lowest BCUT2D eigenvalue weighted by molar-refractivity contribution is 0.641. The van der Waals surface area contributed by atoms with Crippen LogP contribution in [0.4, 0.5) is 11.4 Å². The van der Waals surface area contributed by atoms with Crippen LogP contribution in [-0.4, -0.2) is 0 Å². The molecule has 2 heteroatoms. The highest BCUT2D eigenvalue weighted by Gasteiger charge is 2.22. The van der Waals surface area contributed by atoms with E-state index in [0.717, 1.165) is 38.5 Å². The van der Waals surface area contributed by atoms with Crippen molar-refractivity contribution in [3.63, 3.8) is 0 Å². The van der Waals surface area contributed by atoms with Gasteiger partial charge < -0.3 is 11.5 Å². The topological polar surface area (TPSA) is 52.0 Å². The van der Waals surface area contributed by atoms with Crippen LogP contribution in [0.3, 0.4) is 0 Å². The van der Waals surface area contributed by atoms with Crippen molar-refractivity contribution >= 4 is 32.9 Å². The average Bonchev–Trinajstić information content (AvgIpc) is 2.83. The van der Waals surface area contributed by atoms with Crippen LogP contribution in [0.2, 0.25) is 0 Å². The van der Waals surface area contributed by atoms with Crippen LogP contribution in [-0.2, 0) is 5.41 Å². The van der Waals surface area contributed by atoms with Gasteiger partial charge in [0.05, 0.1) is 0 Å². The molecule has 5 aromatic carbocycles. The number of benzene rings is 5. The van der Waals surface area contributed by atoms with E-state index in [1.165, 1.54) is 16.7 Å². The Morgan fingerprint density at radius 2 is 0.968 bits per heavy atom. The molecule has 4 N–H and O–H groups in total. The smallest absolute Gasteiger partial charge is 0.0475 e. The maximum Gasteiger partial charge on any atom is 0.0475 e. The second-order valence-electron chi connectivity index (χ2n) is 8.70. The first-order valence-electron chi connectivity index (χ1n) is 10.6. The molecule has 0 amide bonds. The minimum Gasteiger partial charge on any atom is -0.398 e. The van der Waals surface area contributed by atoms with Crippen molar-refractivity contribution in [2.75, 3.05) is 11.5 Å². The van der Waals surface area contributed by atoms with Crippen molar-refractivity contribution in [1.29, 1.82) is 0 Å². The molecule has 0 fully saturated rings. The Kier molecular flexibility index (Phi) is 4.44. The number of fused-ring (bicyclic) bond motifs is 2. The molecule has 0 radical (unpaired) electrons. The lowest BCUT2D eigenvalue weighted by Crippen LogP contribution is -2.18. The van der Waals surface area contributed by atoms with Crippen LogP contribution in [0.1, 0.15) is 25.0 Å². The Morgan fingerprint density at radius 1 is 0.484 bits per heavy atom. The molecule has 0 saturated heterocycles. The van der Waals surface area contributed by atoms with Crippen molar-refractivity contribution < 1.29 is 0 Å². The summed E-state index contributed by atoms with van der Waals surface area (Å²) < 4.78 is 0. The first-order valence-corrected chi connectivity index (χ1v) is 10.6. The largest absolute Gasteiger partial charge is 0.398 e. The minimum absolute atomic E-state index is 0.0546. The van der Waals surface area contributed by atoms with Crippen LogP contribution >= 0.6 is 0 Å². The fraction of sp³-hybridized carbons (Fsp3) is 0.103. The molecule has 0 aliphatic carbocycles. The van der Waals surface area contributed by atoms with Gasteiger partial charge in [-0.05, 0) is 28.3 Å². The number of hydrogen-bond acceptors (Lipinski definition) is 2. The number of nitrogen functional groups attached to an aromatic ring is 2. The van der Waals surface area contributed by atoms with Crippen LogP contribution in [0.25, 0.3) is 32.7 Å². The average molecular weight is 403 g/mol. The Hall–Kier alpha value is -3.78. The quantitative estimate of drug-likeness (QED) is 0.191. The second-order valence-corrected chi connectivity index (χ2v) is 8.70. The first kappa shape index (κ1) is 19.2. The molecule has 152 valence electrons. The van der Waals surface area contributed by atoms with Crippen molar-refractivity contribution in [2.24, 2.45) is 0 Å². The van der Waals surface area contributed by atoms with E-state index >= 15 is 0 Å². The van der Waals surface area contributed by atoms with Gasteiger partial charge >= 0.3 is 0 Å². The van der Waals surface area contributed by atoms with Crippen molar-refractivity contribution in [2.45, 2.75) is 19.3 Å². The monoisotopic (exact) mass is 402 g/mol. The zero-order valence-corrected chi connectivity index (χ0v) is 17.9. The summed E-state index contributed by atoms with van der Waals surface area (Å²) in [7, 11) is 0. The molecule has 0 aliphatic heterocycles. The fourth-order valence-corrected chi connectivity index (χ4v) is 4.53. The summed E-state index contributed by atoms with van der Waals surface area (Å²) in [6, 6.07) is 33.9. The number of nitrogens with two attached hydrogens (primary N) is 2. The van der Waals surface area contributed by atoms with Gasteiger partial charge in [-0.1, -0.05) is 105 Å². The SMILES string of the molecule is CC(C)(c1ccccc1)c1ccc(-c2ccc3c(N)c4ccccc4c(N)c3c2)cc1. The third kappa shape index (κ3) is 3.12. The summed E-state index contributed by atoms with van der Waals surface area (Å²) >= 11 is 0. The molecule has 0 bridgehead atoms. The van der Waals surface area contributed by atoms with Crippen LogP contribution in [0.15, 0.2) is 97.1 Å². The summed E-state index contributed by atoms with van der Waals surface area (Å²) in [6.07, 6.45) is 0. The molecule has 0 saturated carbocycles. The van der Waals surface area contributed by atoms with Gasteiger partial charge in [0.15, 0.2) is 0 Å². The molecule has 0 aliphatic rings. The lowest BCUT2D eigenvalue weighted by Gasteiger charge is -2.26. The predicted octanol–water partition coefficient (Wildman–Crippen LogP) is 7.15. The highest BCUT2D eigenvalue weighted by atomic mass is 14.6. The molecule has 31 heavy (non-hydrogen) atoms. The van der Waals surface area contributed by atoms with E-state index in [1.54, 1.807) is 0 Å². The zero-order chi connectivity index (χ0) is 21.6. The van der Waals surface area contributed by atoms with Gasteiger partial charge in [-0.15, -0.1) is 0 Å². The molecule has 0 unspecified atom stereocenters. The summed E-state index contributed by atoms with van der Waals surface area (Å²) in [4.78, 5) is 0. The van der Waals surface area contributed by atoms with Crippen molar-refractivity contribution in [3.05, 3.63) is 108 Å². The van der Waals surface area contributed by atoms with Crippen LogP contribution in [0.5, 0.6) is 0 Å². The van der Waals surface area contributed by atoms with Crippen molar-refractivity contribution in [3.8, 4) is 11.1 Å². The molecular formula is C29H26N2. The summed E-state index contributed by atoms with van der Waals surface area (Å²) in [5, 5.41) is 4.02. The Labute approximate surface area is 183 Å². The van der Waals surface area contributed by atoms with Gasteiger partial charge in [0.2, 0.25) is 0 Å². The fourth-order valence-electron chi connectivity index (χ4n) is 4.53. The molecule has 0 aromatic heterocycles. The highest BCUT2D eigenvalue weighted by molar-refractivity contribution is 6.18. The van der Waals surface area contributed by atoms with Gasteiger partial charge in [0.25, 0.3) is 0 Å². The number of rotatable bonds is 3. The number of hydrogen-bond donors (Lipinski definition) is 2. The molecule has 5 rings (SSSR count). The van der Waals surface area contributed by atoms with Crippen LogP contribution in [0, 0.1) is 0 Å². The van der Waals surface area contributed by atoms with Gasteiger partial charge in [0, 0.05) is 38.3 Å². The van der Waals surface area contributed by atoms with E-state index in [-0.39, 0.29) is 5.41 Å². The van der Waals surface area contributed by atoms with Gasteiger partial charge in [-0.25, -0.2) is 0 Å². The van der Waals surface area contributed by atoms with E-state index < -0.39 is 0 Å². The third-order valence-electron chi connectivity index (χ3n) is 6.54.